The lowest BCUT2D eigenvalue weighted by molar-refractivity contribution is -0.286. The van der Waals surface area contributed by atoms with Crippen LogP contribution in [-0.2, 0) is 9.47 Å². The highest BCUT2D eigenvalue weighted by atomic mass is 16.7. The summed E-state index contributed by atoms with van der Waals surface area (Å²) in [6.07, 6.45) is 0.397. The Kier molecular flexibility index (Phi) is 5.37. The molecule has 8 nitrogen and oxygen atoms in total. The Bertz CT molecular complexity index is 974. The van der Waals surface area contributed by atoms with Crippen molar-refractivity contribution in [2.75, 3.05) is 14.2 Å². The first-order valence-corrected chi connectivity index (χ1v) is 9.81. The Morgan fingerprint density at radius 3 is 2.23 bits per heavy atom. The molecule has 2 bridgehead atoms. The molecule has 2 fully saturated rings. The van der Waals surface area contributed by atoms with Crippen LogP contribution in [0.5, 0.6) is 11.5 Å². The highest BCUT2D eigenvalue weighted by Gasteiger charge is 2.79. The van der Waals surface area contributed by atoms with E-state index in [-0.39, 0.29) is 5.90 Å². The molecule has 2 heterocycles. The summed E-state index contributed by atoms with van der Waals surface area (Å²) in [6, 6.07) is 11.2. The molecular formula is C22H24N4O4. The van der Waals surface area contributed by atoms with Gasteiger partial charge in [0.25, 0.3) is 0 Å². The Labute approximate surface area is 176 Å². The maximum absolute atomic E-state index is 10.3. The van der Waals surface area contributed by atoms with Crippen molar-refractivity contribution in [1.29, 1.82) is 21.2 Å². The van der Waals surface area contributed by atoms with Crippen LogP contribution in [0.1, 0.15) is 44.8 Å². The molecule has 30 heavy (non-hydrogen) atoms. The molecule has 1 aromatic carbocycles. The predicted octanol–water partition coefficient (Wildman–Crippen LogP) is 3.85. The summed E-state index contributed by atoms with van der Waals surface area (Å²) in [5.41, 5.74) is -3.26. The van der Waals surface area contributed by atoms with Crippen molar-refractivity contribution < 1.29 is 18.9 Å². The van der Waals surface area contributed by atoms with E-state index in [1.54, 1.807) is 18.2 Å². The number of benzene rings is 1. The number of nitrogens with zero attached hydrogens (tertiary/aromatic N) is 3. The van der Waals surface area contributed by atoms with Crippen molar-refractivity contribution in [3.63, 3.8) is 0 Å². The fourth-order valence-corrected chi connectivity index (χ4v) is 4.99. The Hall–Kier alpha value is -3.28. The van der Waals surface area contributed by atoms with Crippen LogP contribution >= 0.6 is 0 Å². The lowest BCUT2D eigenvalue weighted by atomic mass is 9.52. The average Bonchev–Trinajstić information content (AvgIpc) is 2.96. The number of nitrogens with one attached hydrogen (secondary N) is 1. The first kappa shape index (κ1) is 21.4. The van der Waals surface area contributed by atoms with Gasteiger partial charge in [-0.15, -0.1) is 0 Å². The molecule has 156 valence electrons. The van der Waals surface area contributed by atoms with Crippen LogP contribution in [-0.4, -0.2) is 25.9 Å². The summed E-state index contributed by atoms with van der Waals surface area (Å²) in [7, 11) is 2.99. The van der Waals surface area contributed by atoms with E-state index in [0.717, 1.165) is 0 Å². The lowest BCUT2D eigenvalue weighted by Gasteiger charge is -2.49. The van der Waals surface area contributed by atoms with Gasteiger partial charge in [0.1, 0.15) is 6.10 Å². The number of methoxy groups -OCH3 is 2. The van der Waals surface area contributed by atoms with Crippen LogP contribution in [0.25, 0.3) is 0 Å². The molecular weight excluding hydrogens is 384 g/mol. The van der Waals surface area contributed by atoms with Crippen LogP contribution in [0.3, 0.4) is 0 Å². The SMILES string of the molecule is CCCC12OC(=N)C(C#N)(C1CC)C(C#N)(C#N)C(c1ccc(OC)c(OC)c1)O2. The smallest absolute Gasteiger partial charge is 0.217 e. The van der Waals surface area contributed by atoms with E-state index in [1.807, 2.05) is 13.8 Å². The minimum Gasteiger partial charge on any atom is -0.493 e. The fourth-order valence-electron chi connectivity index (χ4n) is 4.99. The van der Waals surface area contributed by atoms with Gasteiger partial charge < -0.3 is 18.9 Å². The molecule has 8 heteroatoms. The second-order valence-corrected chi connectivity index (χ2v) is 7.52. The molecule has 0 aliphatic carbocycles. The molecule has 0 radical (unpaired) electrons. The molecule has 0 amide bonds. The molecule has 4 unspecified atom stereocenters. The van der Waals surface area contributed by atoms with Crippen molar-refractivity contribution >= 4 is 5.90 Å². The molecule has 1 N–H and O–H groups in total. The van der Waals surface area contributed by atoms with Gasteiger partial charge in [-0.3, -0.25) is 5.41 Å². The van der Waals surface area contributed by atoms with Crippen molar-refractivity contribution in [2.45, 2.75) is 45.0 Å². The molecule has 2 aliphatic rings. The molecule has 0 aromatic heterocycles. The highest BCUT2D eigenvalue weighted by Crippen LogP contribution is 2.68. The molecule has 2 aliphatic heterocycles. The summed E-state index contributed by atoms with van der Waals surface area (Å²) in [5, 5.41) is 39.3. The first-order valence-electron chi connectivity index (χ1n) is 9.81. The van der Waals surface area contributed by atoms with Crippen molar-refractivity contribution in [3.8, 4) is 29.7 Å². The number of fused-ring (bicyclic) bond motifs is 2. The van der Waals surface area contributed by atoms with Crippen molar-refractivity contribution in [3.05, 3.63) is 23.8 Å². The summed E-state index contributed by atoms with van der Waals surface area (Å²) >= 11 is 0. The normalized spacial score (nSPS) is 31.0. The zero-order valence-electron chi connectivity index (χ0n) is 17.5. The zero-order chi connectivity index (χ0) is 22.2. The third-order valence-electron chi connectivity index (χ3n) is 6.27. The number of nitriles is 3. The van der Waals surface area contributed by atoms with Gasteiger partial charge in [0.05, 0.1) is 38.3 Å². The van der Waals surface area contributed by atoms with Gasteiger partial charge in [-0.25, -0.2) is 0 Å². The topological polar surface area (TPSA) is 132 Å². The van der Waals surface area contributed by atoms with E-state index in [9.17, 15) is 15.8 Å². The standard InChI is InChI=1S/C22H24N4O4/c1-5-9-22-17(6-2)21(13-25,19(26)30-22)20(11-23,12-24)18(29-22)14-7-8-15(27-3)16(10-14)28-4/h7-8,10,17-18,26H,5-6,9H2,1-4H3. The largest absolute Gasteiger partial charge is 0.493 e. The summed E-state index contributed by atoms with van der Waals surface area (Å²) in [4.78, 5) is 0. The van der Waals surface area contributed by atoms with Gasteiger partial charge >= 0.3 is 0 Å². The van der Waals surface area contributed by atoms with Crippen LogP contribution < -0.4 is 9.47 Å². The van der Waals surface area contributed by atoms with E-state index in [0.29, 0.717) is 36.3 Å². The molecule has 2 saturated heterocycles. The van der Waals surface area contributed by atoms with Crippen LogP contribution in [0.15, 0.2) is 18.2 Å². The molecule has 0 saturated carbocycles. The molecule has 4 atom stereocenters. The van der Waals surface area contributed by atoms with Gasteiger partial charge in [0, 0.05) is 6.42 Å². The summed E-state index contributed by atoms with van der Waals surface area (Å²) < 4.78 is 23.0. The minimum atomic E-state index is -1.98. The Morgan fingerprint density at radius 1 is 1.07 bits per heavy atom. The van der Waals surface area contributed by atoms with Gasteiger partial charge in [-0.2, -0.15) is 15.8 Å². The maximum Gasteiger partial charge on any atom is 0.217 e. The first-order chi connectivity index (χ1) is 14.4. The third kappa shape index (κ3) is 2.43. The minimum absolute atomic E-state index is 0.378. The zero-order valence-corrected chi connectivity index (χ0v) is 17.5. The van der Waals surface area contributed by atoms with E-state index in [4.69, 9.17) is 24.4 Å². The number of ether oxygens (including phenoxy) is 4. The molecule has 3 rings (SSSR count). The molecule has 0 spiro atoms. The van der Waals surface area contributed by atoms with Crippen molar-refractivity contribution in [1.82, 2.24) is 0 Å². The van der Waals surface area contributed by atoms with Gasteiger partial charge in [0.15, 0.2) is 16.9 Å². The summed E-state index contributed by atoms with van der Waals surface area (Å²) in [5.74, 6) is -1.38. The highest BCUT2D eigenvalue weighted by molar-refractivity contribution is 5.89. The van der Waals surface area contributed by atoms with Crippen molar-refractivity contribution in [2.24, 2.45) is 16.7 Å². The van der Waals surface area contributed by atoms with Crippen LogP contribution in [0.4, 0.5) is 0 Å². The Morgan fingerprint density at radius 2 is 1.73 bits per heavy atom. The lowest BCUT2D eigenvalue weighted by Crippen LogP contribution is -2.59. The van der Waals surface area contributed by atoms with E-state index >= 15 is 0 Å². The van der Waals surface area contributed by atoms with E-state index < -0.39 is 28.6 Å². The fraction of sp³-hybridized carbons (Fsp3) is 0.545. The maximum atomic E-state index is 10.3. The van der Waals surface area contributed by atoms with E-state index in [1.165, 1.54) is 14.2 Å². The second-order valence-electron chi connectivity index (χ2n) is 7.52. The molecule has 1 aromatic rings. The predicted molar refractivity (Wildman–Crippen MR) is 105 cm³/mol. The monoisotopic (exact) mass is 408 g/mol. The van der Waals surface area contributed by atoms with E-state index in [2.05, 4.69) is 18.2 Å². The quantitative estimate of drug-likeness (QED) is 0.756. The average molecular weight is 408 g/mol. The van der Waals surface area contributed by atoms with Gasteiger partial charge in [-0.1, -0.05) is 19.9 Å². The van der Waals surface area contributed by atoms with Crippen LogP contribution in [0.2, 0.25) is 0 Å². The van der Waals surface area contributed by atoms with Gasteiger partial charge in [0.2, 0.25) is 17.1 Å². The number of hydrogen-bond acceptors (Lipinski definition) is 8. The summed E-state index contributed by atoms with van der Waals surface area (Å²) in [6.45, 7) is 3.80. The Balaban J connectivity index is 2.32. The third-order valence-corrected chi connectivity index (χ3v) is 6.27. The van der Waals surface area contributed by atoms with Crippen LogP contribution in [0, 0.1) is 56.2 Å². The number of hydrogen-bond donors (Lipinski definition) is 1. The van der Waals surface area contributed by atoms with Gasteiger partial charge in [-0.05, 0) is 30.5 Å². The number of rotatable bonds is 6. The second kappa shape index (κ2) is 7.52.